The lowest BCUT2D eigenvalue weighted by Gasteiger charge is -2.39. The third-order valence-electron chi connectivity index (χ3n) is 8.39. The zero-order chi connectivity index (χ0) is 31.7. The molecule has 238 valence electrons. The number of amides is 2. The molecule has 0 bridgehead atoms. The highest BCUT2D eigenvalue weighted by Crippen LogP contribution is 2.47. The van der Waals surface area contributed by atoms with Crippen LogP contribution in [-0.2, 0) is 14.4 Å². The Labute approximate surface area is 265 Å². The van der Waals surface area contributed by atoms with Crippen molar-refractivity contribution in [2.75, 3.05) is 18.4 Å². The van der Waals surface area contributed by atoms with Gasteiger partial charge in [-0.05, 0) is 61.4 Å². The maximum absolute atomic E-state index is 14.8. The maximum Gasteiger partial charge on any atom is 0.290 e. The number of hydrogen-bond acceptors (Lipinski definition) is 4. The lowest BCUT2D eigenvalue weighted by atomic mass is 9.69. The third kappa shape index (κ3) is 10.8. The molecule has 3 fully saturated rings. The van der Waals surface area contributed by atoms with Crippen LogP contribution in [0.4, 0.5) is 10.1 Å². The average molecular weight is 639 g/mol. The largest absolute Gasteiger partial charge is 0.483 e. The summed E-state index contributed by atoms with van der Waals surface area (Å²) >= 11 is 12.1. The van der Waals surface area contributed by atoms with E-state index in [0.29, 0.717) is 22.8 Å². The summed E-state index contributed by atoms with van der Waals surface area (Å²) in [5.74, 6) is -0.405. The molecule has 3 aliphatic rings. The van der Waals surface area contributed by atoms with Gasteiger partial charge < -0.3 is 21.1 Å². The van der Waals surface area contributed by atoms with Crippen LogP contribution in [0, 0.1) is 17.7 Å². The van der Waals surface area contributed by atoms with Crippen molar-refractivity contribution in [1.82, 2.24) is 10.6 Å². The summed E-state index contributed by atoms with van der Waals surface area (Å²) in [6.07, 6.45) is 12.6. The average Bonchev–Trinajstić information content (AvgIpc) is 3.38. The normalized spacial score (nSPS) is 20.6. The van der Waals surface area contributed by atoms with Crippen molar-refractivity contribution in [3.05, 3.63) is 63.9 Å². The SMILES string of the molecule is CC.O=C(Nc1cccc(Cl)c1)C1C(c2cccc(Cl)c2F)CNC12CCCCC2.O=CNCC1CCCCC1.O=CO. The number of nitrogens with one attached hydrogen (secondary N) is 3. The first-order valence-electron chi connectivity index (χ1n) is 15.4. The van der Waals surface area contributed by atoms with Crippen molar-refractivity contribution >= 4 is 47.7 Å². The fraction of sp³-hybridized carbons (Fsp3) is 0.545. The monoisotopic (exact) mass is 637 g/mol. The van der Waals surface area contributed by atoms with E-state index in [1.807, 2.05) is 19.9 Å². The maximum atomic E-state index is 14.8. The lowest BCUT2D eigenvalue weighted by molar-refractivity contribution is -0.123. The molecule has 0 radical (unpaired) electrons. The van der Waals surface area contributed by atoms with Crippen LogP contribution < -0.4 is 16.0 Å². The molecule has 2 atom stereocenters. The molecule has 2 aromatic carbocycles. The molecule has 1 aliphatic heterocycles. The Hall–Kier alpha value is -2.68. The topological polar surface area (TPSA) is 108 Å². The van der Waals surface area contributed by atoms with Gasteiger partial charge in [-0.15, -0.1) is 0 Å². The minimum atomic E-state index is -0.426. The Morgan fingerprint density at radius 2 is 1.65 bits per heavy atom. The van der Waals surface area contributed by atoms with Crippen LogP contribution in [0.1, 0.15) is 89.5 Å². The van der Waals surface area contributed by atoms with Gasteiger partial charge in [0.1, 0.15) is 5.82 Å². The van der Waals surface area contributed by atoms with Crippen molar-refractivity contribution in [3.8, 4) is 0 Å². The van der Waals surface area contributed by atoms with Crippen LogP contribution >= 0.6 is 23.2 Å². The molecule has 0 aromatic heterocycles. The van der Waals surface area contributed by atoms with Gasteiger partial charge in [0.25, 0.3) is 6.47 Å². The third-order valence-corrected chi connectivity index (χ3v) is 8.91. The van der Waals surface area contributed by atoms with Gasteiger partial charge in [0.05, 0.1) is 10.9 Å². The van der Waals surface area contributed by atoms with Crippen LogP contribution in [-0.4, -0.2) is 42.5 Å². The second-order valence-corrected chi connectivity index (χ2v) is 11.8. The second kappa shape index (κ2) is 19.6. The molecule has 5 rings (SSSR count). The van der Waals surface area contributed by atoms with Gasteiger partial charge in [-0.1, -0.05) is 93.8 Å². The molecule has 4 N–H and O–H groups in total. The van der Waals surface area contributed by atoms with Crippen molar-refractivity contribution in [2.45, 2.75) is 89.5 Å². The molecule has 1 saturated heterocycles. The molecular formula is C33H46Cl2FN3O4. The second-order valence-electron chi connectivity index (χ2n) is 11.0. The van der Waals surface area contributed by atoms with E-state index in [1.165, 1.54) is 38.5 Å². The van der Waals surface area contributed by atoms with Crippen molar-refractivity contribution in [2.24, 2.45) is 11.8 Å². The van der Waals surface area contributed by atoms with E-state index in [9.17, 15) is 14.0 Å². The van der Waals surface area contributed by atoms with Crippen LogP contribution in [0.25, 0.3) is 0 Å². The molecule has 2 unspecified atom stereocenters. The number of carbonyl (C=O) groups excluding carboxylic acids is 2. The molecule has 1 heterocycles. The smallest absolute Gasteiger partial charge is 0.290 e. The van der Waals surface area contributed by atoms with Gasteiger partial charge in [0.15, 0.2) is 0 Å². The van der Waals surface area contributed by atoms with E-state index in [4.69, 9.17) is 33.1 Å². The molecule has 43 heavy (non-hydrogen) atoms. The Kier molecular flexibility index (Phi) is 16.6. The van der Waals surface area contributed by atoms with Gasteiger partial charge in [-0.25, -0.2) is 4.39 Å². The zero-order valence-corrected chi connectivity index (χ0v) is 26.7. The standard InChI is InChI=1S/C22H23Cl2FN2O.C8H15NO.C2H6.CH2O2/c23-14-6-4-7-15(12-14)27-21(28)19-17(16-8-5-9-18(24)20(16)25)13-26-22(19)10-2-1-3-11-22;10-7-9-6-8-4-2-1-3-5-8;1-2;2-1-3/h4-9,12,17,19,26H,1-3,10-11,13H2,(H,27,28);7-8H,1-6H2,(H,9,10);1-2H3;1H,(H,2,3). The minimum Gasteiger partial charge on any atom is -0.483 e. The van der Waals surface area contributed by atoms with Gasteiger partial charge in [0, 0.05) is 35.3 Å². The predicted octanol–water partition coefficient (Wildman–Crippen LogP) is 7.82. The molecule has 2 saturated carbocycles. The number of benzene rings is 2. The molecule has 7 nitrogen and oxygen atoms in total. The Bertz CT molecular complexity index is 1140. The lowest BCUT2D eigenvalue weighted by Crippen LogP contribution is -2.50. The zero-order valence-electron chi connectivity index (χ0n) is 25.2. The first kappa shape index (κ1) is 36.5. The van der Waals surface area contributed by atoms with Crippen LogP contribution in [0.3, 0.4) is 0 Å². The van der Waals surface area contributed by atoms with Gasteiger partial charge in [-0.2, -0.15) is 0 Å². The Morgan fingerprint density at radius 1 is 1.02 bits per heavy atom. The summed E-state index contributed by atoms with van der Waals surface area (Å²) < 4.78 is 14.8. The number of hydrogen-bond donors (Lipinski definition) is 4. The Balaban J connectivity index is 0.000000358. The summed E-state index contributed by atoms with van der Waals surface area (Å²) in [5.41, 5.74) is 0.856. The van der Waals surface area contributed by atoms with E-state index in [0.717, 1.165) is 44.6 Å². The molecule has 2 aromatic rings. The fourth-order valence-electron chi connectivity index (χ4n) is 6.52. The molecule has 2 aliphatic carbocycles. The summed E-state index contributed by atoms with van der Waals surface area (Å²) in [6, 6.07) is 12.1. The van der Waals surface area contributed by atoms with E-state index < -0.39 is 5.82 Å². The van der Waals surface area contributed by atoms with Gasteiger partial charge in [0.2, 0.25) is 12.3 Å². The van der Waals surface area contributed by atoms with Crippen molar-refractivity contribution in [1.29, 1.82) is 0 Å². The van der Waals surface area contributed by atoms with E-state index in [-0.39, 0.29) is 34.8 Å². The Morgan fingerprint density at radius 3 is 2.28 bits per heavy atom. The van der Waals surface area contributed by atoms with E-state index in [1.54, 1.807) is 36.4 Å². The highest BCUT2D eigenvalue weighted by molar-refractivity contribution is 6.31. The number of anilines is 1. The summed E-state index contributed by atoms with van der Waals surface area (Å²) in [4.78, 5) is 31.7. The number of rotatable bonds is 6. The summed E-state index contributed by atoms with van der Waals surface area (Å²) in [7, 11) is 0. The first-order valence-corrected chi connectivity index (χ1v) is 16.1. The highest BCUT2D eigenvalue weighted by Gasteiger charge is 2.53. The quantitative estimate of drug-likeness (QED) is 0.242. The molecule has 10 heteroatoms. The number of carboxylic acid groups (broad SMARTS) is 1. The van der Waals surface area contributed by atoms with Gasteiger partial charge in [-0.3, -0.25) is 14.4 Å². The minimum absolute atomic E-state index is 0.0936. The van der Waals surface area contributed by atoms with E-state index >= 15 is 0 Å². The molecular weight excluding hydrogens is 592 g/mol. The van der Waals surface area contributed by atoms with E-state index in [2.05, 4.69) is 16.0 Å². The predicted molar refractivity (Wildman–Crippen MR) is 172 cm³/mol. The summed E-state index contributed by atoms with van der Waals surface area (Å²) in [5, 5.41) is 16.9. The number of halogens is 3. The van der Waals surface area contributed by atoms with Gasteiger partial charge >= 0.3 is 0 Å². The number of carbonyl (C=O) groups is 3. The highest BCUT2D eigenvalue weighted by atomic mass is 35.5. The summed E-state index contributed by atoms with van der Waals surface area (Å²) in [6.45, 7) is 5.20. The van der Waals surface area contributed by atoms with Crippen molar-refractivity contribution in [3.63, 3.8) is 0 Å². The fourth-order valence-corrected chi connectivity index (χ4v) is 6.89. The molecule has 1 spiro atoms. The first-order chi connectivity index (χ1) is 20.8. The van der Waals surface area contributed by atoms with Crippen LogP contribution in [0.5, 0.6) is 0 Å². The van der Waals surface area contributed by atoms with Crippen LogP contribution in [0.2, 0.25) is 10.0 Å². The van der Waals surface area contributed by atoms with Crippen molar-refractivity contribution < 1.29 is 23.9 Å². The molecule has 2 amide bonds. The van der Waals surface area contributed by atoms with Crippen LogP contribution in [0.15, 0.2) is 42.5 Å².